The minimum atomic E-state index is -0.369. The van der Waals surface area contributed by atoms with E-state index in [2.05, 4.69) is 26.6 Å². The van der Waals surface area contributed by atoms with Gasteiger partial charge in [-0.15, -0.1) is 11.3 Å². The van der Waals surface area contributed by atoms with Crippen LogP contribution in [0.1, 0.15) is 12.8 Å². The molecule has 0 saturated carbocycles. The highest BCUT2D eigenvalue weighted by molar-refractivity contribution is 9.11. The molecule has 1 saturated heterocycles. The number of rotatable bonds is 2. The van der Waals surface area contributed by atoms with Gasteiger partial charge < -0.3 is 10.1 Å². The van der Waals surface area contributed by atoms with E-state index in [0.717, 1.165) is 35.4 Å². The Bertz CT molecular complexity index is 363. The van der Waals surface area contributed by atoms with Crippen molar-refractivity contribution >= 4 is 39.0 Å². The molecule has 1 aromatic heterocycles. The highest BCUT2D eigenvalue weighted by Crippen LogP contribution is 2.28. The Morgan fingerprint density at radius 3 is 2.94 bits per heavy atom. The van der Waals surface area contributed by atoms with Gasteiger partial charge in [0.2, 0.25) is 0 Å². The van der Waals surface area contributed by atoms with Crippen LogP contribution in [0.4, 0.5) is 10.5 Å². The van der Waals surface area contributed by atoms with E-state index >= 15 is 0 Å². The van der Waals surface area contributed by atoms with Gasteiger partial charge in [0.25, 0.3) is 0 Å². The number of carbonyl (C=O) groups is 1. The predicted octanol–water partition coefficient (Wildman–Crippen LogP) is 2.81. The van der Waals surface area contributed by atoms with E-state index in [1.54, 1.807) is 0 Å². The second-order valence-electron chi connectivity index (χ2n) is 3.59. The molecular weight excluding hydrogens is 292 g/mol. The SMILES string of the molecule is O=C(Nc1ccsc1Br)OC1CCNCC1. The van der Waals surface area contributed by atoms with Crippen molar-refractivity contribution in [1.82, 2.24) is 5.32 Å². The molecule has 0 aromatic carbocycles. The molecule has 2 heterocycles. The molecule has 1 fully saturated rings. The van der Waals surface area contributed by atoms with Crippen LogP contribution in [0, 0.1) is 0 Å². The number of anilines is 1. The first-order valence-corrected chi connectivity index (χ1v) is 6.84. The van der Waals surface area contributed by atoms with Crippen LogP contribution in [0.2, 0.25) is 0 Å². The third kappa shape index (κ3) is 3.20. The maximum atomic E-state index is 11.6. The number of piperidine rings is 1. The average Bonchev–Trinajstić information content (AvgIpc) is 2.66. The monoisotopic (exact) mass is 304 g/mol. The minimum absolute atomic E-state index is 0.0404. The second-order valence-corrected chi connectivity index (χ2v) is 5.82. The minimum Gasteiger partial charge on any atom is -0.446 e. The van der Waals surface area contributed by atoms with Gasteiger partial charge in [0.05, 0.1) is 9.47 Å². The first-order chi connectivity index (χ1) is 7.75. The molecule has 1 amide bonds. The van der Waals surface area contributed by atoms with E-state index in [4.69, 9.17) is 4.74 Å². The van der Waals surface area contributed by atoms with E-state index in [0.29, 0.717) is 0 Å². The summed E-state index contributed by atoms with van der Waals surface area (Å²) in [6, 6.07) is 1.85. The Balaban J connectivity index is 1.82. The maximum absolute atomic E-state index is 11.6. The normalized spacial score (nSPS) is 17.1. The molecule has 0 radical (unpaired) electrons. The maximum Gasteiger partial charge on any atom is 0.411 e. The van der Waals surface area contributed by atoms with Gasteiger partial charge in [-0.25, -0.2) is 4.79 Å². The lowest BCUT2D eigenvalue weighted by atomic mass is 10.1. The van der Waals surface area contributed by atoms with Crippen molar-refractivity contribution in [3.8, 4) is 0 Å². The fourth-order valence-corrected chi connectivity index (χ4v) is 2.71. The molecule has 1 aliphatic rings. The van der Waals surface area contributed by atoms with Gasteiger partial charge in [0.1, 0.15) is 6.10 Å². The molecule has 4 nitrogen and oxygen atoms in total. The van der Waals surface area contributed by atoms with Crippen LogP contribution < -0.4 is 10.6 Å². The Hall–Kier alpha value is -0.590. The van der Waals surface area contributed by atoms with Crippen molar-refractivity contribution in [2.45, 2.75) is 18.9 Å². The number of hydrogen-bond donors (Lipinski definition) is 2. The summed E-state index contributed by atoms with van der Waals surface area (Å²) in [5.41, 5.74) is 0.768. The van der Waals surface area contributed by atoms with Gasteiger partial charge in [-0.1, -0.05) is 0 Å². The van der Waals surface area contributed by atoms with Gasteiger partial charge in [-0.05, 0) is 53.3 Å². The first-order valence-electron chi connectivity index (χ1n) is 5.17. The summed E-state index contributed by atoms with van der Waals surface area (Å²) in [5.74, 6) is 0. The summed E-state index contributed by atoms with van der Waals surface area (Å²) in [6.07, 6.45) is 1.45. The third-order valence-corrected chi connectivity index (χ3v) is 4.10. The van der Waals surface area contributed by atoms with E-state index < -0.39 is 0 Å². The van der Waals surface area contributed by atoms with Gasteiger partial charge >= 0.3 is 6.09 Å². The Morgan fingerprint density at radius 2 is 2.31 bits per heavy atom. The lowest BCUT2D eigenvalue weighted by molar-refractivity contribution is 0.0909. The van der Waals surface area contributed by atoms with E-state index in [9.17, 15) is 4.79 Å². The smallest absolute Gasteiger partial charge is 0.411 e. The Labute approximate surface area is 106 Å². The molecular formula is C10H13BrN2O2S. The van der Waals surface area contributed by atoms with Crippen LogP contribution in [0.25, 0.3) is 0 Å². The van der Waals surface area contributed by atoms with Crippen molar-refractivity contribution in [1.29, 1.82) is 0 Å². The zero-order valence-corrected chi connectivity index (χ0v) is 11.1. The highest BCUT2D eigenvalue weighted by Gasteiger charge is 2.17. The fraction of sp³-hybridized carbons (Fsp3) is 0.500. The molecule has 0 unspecified atom stereocenters. The molecule has 1 aromatic rings. The van der Waals surface area contributed by atoms with Crippen molar-refractivity contribution in [2.24, 2.45) is 0 Å². The molecule has 0 spiro atoms. The molecule has 0 aliphatic carbocycles. The van der Waals surface area contributed by atoms with E-state index in [1.165, 1.54) is 11.3 Å². The Morgan fingerprint density at radius 1 is 1.56 bits per heavy atom. The summed E-state index contributed by atoms with van der Waals surface area (Å²) in [5, 5.41) is 7.85. The number of thiophene rings is 1. The summed E-state index contributed by atoms with van der Waals surface area (Å²) in [4.78, 5) is 11.6. The summed E-state index contributed by atoms with van der Waals surface area (Å²) >= 11 is 4.89. The summed E-state index contributed by atoms with van der Waals surface area (Å²) < 4.78 is 6.23. The molecule has 0 atom stereocenters. The van der Waals surface area contributed by atoms with Gasteiger partial charge in [0.15, 0.2) is 0 Å². The standard InChI is InChI=1S/C10H13BrN2O2S/c11-9-8(3-6-16-9)13-10(14)15-7-1-4-12-5-2-7/h3,6-7,12H,1-2,4-5H2,(H,13,14). The molecule has 6 heteroatoms. The molecule has 0 bridgehead atoms. The Kier molecular flexibility index (Phi) is 4.20. The van der Waals surface area contributed by atoms with Crippen LogP contribution in [0.3, 0.4) is 0 Å². The molecule has 88 valence electrons. The van der Waals surface area contributed by atoms with Gasteiger partial charge in [0, 0.05) is 0 Å². The largest absolute Gasteiger partial charge is 0.446 e. The topological polar surface area (TPSA) is 50.4 Å². The van der Waals surface area contributed by atoms with Crippen molar-refractivity contribution < 1.29 is 9.53 Å². The number of carbonyl (C=O) groups excluding carboxylic acids is 1. The van der Waals surface area contributed by atoms with Gasteiger partial charge in [-0.2, -0.15) is 0 Å². The van der Waals surface area contributed by atoms with Crippen LogP contribution >= 0.6 is 27.3 Å². The number of ether oxygens (including phenoxy) is 1. The first kappa shape index (κ1) is 11.9. The zero-order chi connectivity index (χ0) is 11.4. The van der Waals surface area contributed by atoms with Crippen molar-refractivity contribution in [3.05, 3.63) is 15.2 Å². The predicted molar refractivity (Wildman–Crippen MR) is 68.0 cm³/mol. The molecule has 16 heavy (non-hydrogen) atoms. The van der Waals surface area contributed by atoms with Gasteiger partial charge in [-0.3, -0.25) is 5.32 Å². The second kappa shape index (κ2) is 5.65. The van der Waals surface area contributed by atoms with Crippen molar-refractivity contribution in [2.75, 3.05) is 18.4 Å². The number of amides is 1. The van der Waals surface area contributed by atoms with Crippen LogP contribution in [-0.4, -0.2) is 25.3 Å². The molecule has 2 rings (SSSR count). The number of hydrogen-bond acceptors (Lipinski definition) is 4. The highest BCUT2D eigenvalue weighted by atomic mass is 79.9. The van der Waals surface area contributed by atoms with E-state index in [-0.39, 0.29) is 12.2 Å². The summed E-state index contributed by atoms with van der Waals surface area (Å²) in [7, 11) is 0. The van der Waals surface area contributed by atoms with Crippen molar-refractivity contribution in [3.63, 3.8) is 0 Å². The average molecular weight is 305 g/mol. The zero-order valence-electron chi connectivity index (χ0n) is 8.66. The molecule has 1 aliphatic heterocycles. The fourth-order valence-electron chi connectivity index (χ4n) is 1.59. The van der Waals surface area contributed by atoms with E-state index in [1.807, 2.05) is 11.4 Å². The summed E-state index contributed by atoms with van der Waals surface area (Å²) in [6.45, 7) is 1.83. The van der Waals surface area contributed by atoms with Crippen LogP contribution in [-0.2, 0) is 4.74 Å². The lowest BCUT2D eigenvalue weighted by Crippen LogP contribution is -2.34. The lowest BCUT2D eigenvalue weighted by Gasteiger charge is -2.22. The molecule has 2 N–H and O–H groups in total. The third-order valence-electron chi connectivity index (χ3n) is 2.41. The number of nitrogens with one attached hydrogen (secondary N) is 2. The number of halogens is 1. The van der Waals surface area contributed by atoms with Crippen LogP contribution in [0.5, 0.6) is 0 Å². The quantitative estimate of drug-likeness (QED) is 0.883. The van der Waals surface area contributed by atoms with Crippen LogP contribution in [0.15, 0.2) is 15.2 Å².